The van der Waals surface area contributed by atoms with Crippen molar-refractivity contribution >= 4 is 17.8 Å². The molecule has 1 unspecified atom stereocenters. The number of carbonyl (C=O) groups excluding carboxylic acids is 2. The van der Waals surface area contributed by atoms with Gasteiger partial charge in [-0.25, -0.2) is 4.79 Å². The highest BCUT2D eigenvalue weighted by atomic mass is 16.6. The van der Waals surface area contributed by atoms with Crippen molar-refractivity contribution in [3.8, 4) is 0 Å². The molecule has 0 aromatic carbocycles. The second-order valence-corrected chi connectivity index (χ2v) is 4.95. The summed E-state index contributed by atoms with van der Waals surface area (Å²) in [5, 5.41) is 14.4. The van der Waals surface area contributed by atoms with Gasteiger partial charge in [-0.2, -0.15) is 0 Å². The summed E-state index contributed by atoms with van der Waals surface area (Å²) in [4.78, 5) is 25.3. The second-order valence-electron chi connectivity index (χ2n) is 4.95. The number of nitrogens with one attached hydrogen (secondary N) is 1. The molecule has 0 bridgehead atoms. The number of nitrogens with two attached hydrogens (primary N) is 1. The van der Waals surface area contributed by atoms with Crippen molar-refractivity contribution in [2.24, 2.45) is 16.8 Å². The number of ether oxygens (including phenoxy) is 1. The molecule has 1 heterocycles. The van der Waals surface area contributed by atoms with Crippen molar-refractivity contribution in [1.29, 1.82) is 0 Å². The minimum absolute atomic E-state index is 0.0104. The van der Waals surface area contributed by atoms with Crippen LogP contribution < -0.4 is 11.1 Å². The maximum absolute atomic E-state index is 12.1. The molecule has 0 aromatic heterocycles. The molecule has 8 heteroatoms. The van der Waals surface area contributed by atoms with E-state index in [1.165, 1.54) is 0 Å². The van der Waals surface area contributed by atoms with Crippen molar-refractivity contribution < 1.29 is 19.5 Å². The summed E-state index contributed by atoms with van der Waals surface area (Å²) >= 11 is 0. The maximum atomic E-state index is 12.1. The zero-order chi connectivity index (χ0) is 15.8. The molecule has 1 rings (SSSR count). The van der Waals surface area contributed by atoms with Gasteiger partial charge in [-0.15, -0.1) is 0 Å². The van der Waals surface area contributed by atoms with E-state index in [1.54, 1.807) is 18.7 Å². The number of amidine groups is 1. The summed E-state index contributed by atoms with van der Waals surface area (Å²) in [6.45, 7) is 5.01. The molecule has 1 fully saturated rings. The van der Waals surface area contributed by atoms with E-state index in [9.17, 15) is 9.59 Å². The van der Waals surface area contributed by atoms with E-state index in [-0.39, 0.29) is 23.9 Å². The van der Waals surface area contributed by atoms with Gasteiger partial charge >= 0.3 is 6.09 Å². The van der Waals surface area contributed by atoms with Gasteiger partial charge in [-0.3, -0.25) is 4.79 Å². The zero-order valence-electron chi connectivity index (χ0n) is 12.5. The zero-order valence-corrected chi connectivity index (χ0v) is 12.5. The number of piperidine rings is 1. The minimum atomic E-state index is -0.627. The number of rotatable bonds is 5. The molecule has 1 aliphatic heterocycles. The first kappa shape index (κ1) is 17.1. The summed E-state index contributed by atoms with van der Waals surface area (Å²) in [5.74, 6) is -0.959. The van der Waals surface area contributed by atoms with Gasteiger partial charge in [0.1, 0.15) is 0 Å². The first-order chi connectivity index (χ1) is 10.0. The van der Waals surface area contributed by atoms with Gasteiger partial charge < -0.3 is 25.9 Å². The fraction of sp³-hybridized carbons (Fsp3) is 0.769. The summed E-state index contributed by atoms with van der Waals surface area (Å²) < 4.78 is 4.94. The topological polar surface area (TPSA) is 117 Å². The van der Waals surface area contributed by atoms with Crippen LogP contribution in [0.3, 0.4) is 0 Å². The molecule has 21 heavy (non-hydrogen) atoms. The van der Waals surface area contributed by atoms with Crippen LogP contribution >= 0.6 is 0 Å². The van der Waals surface area contributed by atoms with Gasteiger partial charge in [0.15, 0.2) is 5.84 Å². The third-order valence-electron chi connectivity index (χ3n) is 3.56. The van der Waals surface area contributed by atoms with Crippen LogP contribution in [-0.4, -0.2) is 53.7 Å². The summed E-state index contributed by atoms with van der Waals surface area (Å²) in [5.41, 5.74) is 5.50. The number of hydrogen-bond acceptors (Lipinski definition) is 5. The second kappa shape index (κ2) is 8.33. The predicted molar refractivity (Wildman–Crippen MR) is 76.9 cm³/mol. The third-order valence-corrected chi connectivity index (χ3v) is 3.56. The summed E-state index contributed by atoms with van der Waals surface area (Å²) in [6.07, 6.45) is 1.47. The number of hydrogen-bond donors (Lipinski definition) is 3. The number of carbonyl (C=O) groups is 2. The van der Waals surface area contributed by atoms with Crippen molar-refractivity contribution in [2.45, 2.75) is 39.2 Å². The maximum Gasteiger partial charge on any atom is 0.409 e. The van der Waals surface area contributed by atoms with E-state index in [0.717, 1.165) is 0 Å². The number of nitrogens with zero attached hydrogens (tertiary/aromatic N) is 2. The molecule has 8 nitrogen and oxygen atoms in total. The Morgan fingerprint density at radius 3 is 2.52 bits per heavy atom. The Hall–Kier alpha value is -1.99. The lowest BCUT2D eigenvalue weighted by Gasteiger charge is -2.32. The Morgan fingerprint density at radius 2 is 2.05 bits per heavy atom. The van der Waals surface area contributed by atoms with Gasteiger partial charge in [0.05, 0.1) is 12.5 Å². The van der Waals surface area contributed by atoms with Crippen molar-refractivity contribution in [2.75, 3.05) is 19.7 Å². The van der Waals surface area contributed by atoms with Gasteiger partial charge in [0, 0.05) is 19.1 Å². The van der Waals surface area contributed by atoms with Crippen LogP contribution in [0.2, 0.25) is 0 Å². The van der Waals surface area contributed by atoms with Crippen LogP contribution in [0, 0.1) is 5.92 Å². The van der Waals surface area contributed by atoms with Crippen molar-refractivity contribution in [3.63, 3.8) is 0 Å². The lowest BCUT2D eigenvalue weighted by molar-refractivity contribution is -0.124. The first-order valence-electron chi connectivity index (χ1n) is 7.22. The van der Waals surface area contributed by atoms with E-state index in [2.05, 4.69) is 10.5 Å². The van der Waals surface area contributed by atoms with Crippen LogP contribution in [0.5, 0.6) is 0 Å². The Balaban J connectivity index is 2.45. The fourth-order valence-corrected chi connectivity index (χ4v) is 2.32. The van der Waals surface area contributed by atoms with E-state index >= 15 is 0 Å². The van der Waals surface area contributed by atoms with E-state index in [1.807, 2.05) is 0 Å². The molecule has 1 atom stereocenters. The Kier molecular flexibility index (Phi) is 6.77. The molecule has 1 aliphatic rings. The van der Waals surface area contributed by atoms with Crippen LogP contribution in [0.4, 0.5) is 4.79 Å². The standard InChI is InChI=1S/C13H24N4O4/c1-3-10(11(14)16-20)12(18)15-9-5-7-17(8-6-9)13(19)21-4-2/h9-10,20H,3-8H2,1-2H3,(H2,14,16)(H,15,18). The average Bonchev–Trinajstić information content (AvgIpc) is 2.48. The Labute approximate surface area is 124 Å². The van der Waals surface area contributed by atoms with E-state index in [4.69, 9.17) is 15.7 Å². The quantitative estimate of drug-likeness (QED) is 0.296. The first-order valence-corrected chi connectivity index (χ1v) is 7.22. The molecule has 4 N–H and O–H groups in total. The van der Waals surface area contributed by atoms with Gasteiger partial charge in [-0.1, -0.05) is 12.1 Å². The van der Waals surface area contributed by atoms with Gasteiger partial charge in [-0.05, 0) is 26.2 Å². The van der Waals surface area contributed by atoms with Crippen LogP contribution in [-0.2, 0) is 9.53 Å². The molecule has 120 valence electrons. The van der Waals surface area contributed by atoms with Gasteiger partial charge in [0.25, 0.3) is 0 Å². The highest BCUT2D eigenvalue weighted by Crippen LogP contribution is 2.13. The molecular weight excluding hydrogens is 276 g/mol. The fourth-order valence-electron chi connectivity index (χ4n) is 2.32. The highest BCUT2D eigenvalue weighted by molar-refractivity contribution is 6.02. The largest absolute Gasteiger partial charge is 0.450 e. The highest BCUT2D eigenvalue weighted by Gasteiger charge is 2.27. The lowest BCUT2D eigenvalue weighted by Crippen LogP contribution is -2.49. The smallest absolute Gasteiger partial charge is 0.409 e. The molecule has 0 radical (unpaired) electrons. The van der Waals surface area contributed by atoms with Crippen LogP contribution in [0.1, 0.15) is 33.1 Å². The molecule has 2 amide bonds. The van der Waals surface area contributed by atoms with Crippen LogP contribution in [0.15, 0.2) is 5.16 Å². The van der Waals surface area contributed by atoms with E-state index < -0.39 is 5.92 Å². The molecule has 0 aliphatic carbocycles. The molecule has 0 saturated carbocycles. The Bertz CT molecular complexity index is 392. The number of amides is 2. The molecule has 0 aromatic rings. The number of likely N-dealkylation sites (tertiary alicyclic amines) is 1. The predicted octanol–water partition coefficient (Wildman–Crippen LogP) is 0.496. The molecule has 1 saturated heterocycles. The van der Waals surface area contributed by atoms with Crippen LogP contribution in [0.25, 0.3) is 0 Å². The number of oxime groups is 1. The lowest BCUT2D eigenvalue weighted by atomic mass is 10.0. The summed E-state index contributed by atoms with van der Waals surface area (Å²) in [6, 6.07) is -0.0104. The average molecular weight is 300 g/mol. The normalized spacial score (nSPS) is 18.2. The summed E-state index contributed by atoms with van der Waals surface area (Å²) in [7, 11) is 0. The van der Waals surface area contributed by atoms with E-state index in [0.29, 0.717) is 39.0 Å². The molecular formula is C13H24N4O4. The third kappa shape index (κ3) is 4.80. The minimum Gasteiger partial charge on any atom is -0.450 e. The van der Waals surface area contributed by atoms with Crippen molar-refractivity contribution in [3.05, 3.63) is 0 Å². The Morgan fingerprint density at radius 1 is 1.43 bits per heavy atom. The monoisotopic (exact) mass is 300 g/mol. The SMILES string of the molecule is CCOC(=O)N1CCC(NC(=O)C(CC)C(N)=NO)CC1. The van der Waals surface area contributed by atoms with Crippen molar-refractivity contribution in [1.82, 2.24) is 10.2 Å². The molecule has 0 spiro atoms. The van der Waals surface area contributed by atoms with Gasteiger partial charge in [0.2, 0.25) is 5.91 Å².